The van der Waals surface area contributed by atoms with Crippen LogP contribution in [0, 0.1) is 5.92 Å². The maximum absolute atomic E-state index is 12.4. The lowest BCUT2D eigenvalue weighted by atomic mass is 10.1. The van der Waals surface area contributed by atoms with Crippen LogP contribution >= 0.6 is 0 Å². The third-order valence-electron chi connectivity index (χ3n) is 7.42. The molecule has 2 unspecified atom stereocenters. The van der Waals surface area contributed by atoms with Crippen LogP contribution < -0.4 is 5.32 Å². The number of amides is 1. The third-order valence-corrected chi connectivity index (χ3v) is 7.42. The first-order chi connectivity index (χ1) is 21.5. The molecule has 1 aliphatic rings. The van der Waals surface area contributed by atoms with E-state index in [4.69, 9.17) is 18.9 Å². The largest absolute Gasteiger partial charge is 0.465 e. The highest BCUT2D eigenvalue weighted by Crippen LogP contribution is 2.13. The molecule has 0 saturated carbocycles. The highest BCUT2D eigenvalue weighted by atomic mass is 16.7. The van der Waals surface area contributed by atoms with Gasteiger partial charge < -0.3 is 39.7 Å². The van der Waals surface area contributed by atoms with E-state index in [0.29, 0.717) is 19.6 Å². The molecule has 0 aliphatic carbocycles. The van der Waals surface area contributed by atoms with Gasteiger partial charge in [-0.05, 0) is 25.8 Å². The second-order valence-electron chi connectivity index (χ2n) is 11.1. The Morgan fingerprint density at radius 2 is 1.33 bits per heavy atom. The van der Waals surface area contributed by atoms with Crippen molar-refractivity contribution < 1.29 is 40.5 Å². The third kappa shape index (κ3) is 29.7. The Labute approximate surface area is 278 Å². The first-order valence-corrected chi connectivity index (χ1v) is 18.2. The minimum atomic E-state index is -0.499. The van der Waals surface area contributed by atoms with Crippen LogP contribution in [0.15, 0.2) is 0 Å². The zero-order chi connectivity index (χ0) is 33.3. The molecule has 1 saturated heterocycles. The fourth-order valence-electron chi connectivity index (χ4n) is 4.72. The highest BCUT2D eigenvalue weighted by Gasteiger charge is 2.24. The Morgan fingerprint density at radius 3 is 1.82 bits per heavy atom. The van der Waals surface area contributed by atoms with E-state index in [-0.39, 0.29) is 45.2 Å². The molecule has 0 spiro atoms. The summed E-state index contributed by atoms with van der Waals surface area (Å²) in [5.74, 6) is -0.834. The Morgan fingerprint density at radius 1 is 0.822 bits per heavy atom. The molecule has 0 bridgehead atoms. The number of aliphatic hydroxyl groups is 1. The Balaban J connectivity index is -0.00000141. The summed E-state index contributed by atoms with van der Waals surface area (Å²) in [4.78, 5) is 26.8. The van der Waals surface area contributed by atoms with Gasteiger partial charge in [0.25, 0.3) is 0 Å². The fourth-order valence-corrected chi connectivity index (χ4v) is 4.72. The van der Waals surface area contributed by atoms with Crippen LogP contribution in [-0.2, 0) is 23.7 Å². The van der Waals surface area contributed by atoms with Crippen molar-refractivity contribution in [2.75, 3.05) is 52.7 Å². The number of hydrogen-bond donors (Lipinski definition) is 2. The van der Waals surface area contributed by atoms with E-state index in [1.807, 2.05) is 27.7 Å². The molecule has 45 heavy (non-hydrogen) atoms. The number of esters is 1. The molecule has 2 atom stereocenters. The minimum Gasteiger partial charge on any atom is -0.465 e. The molecule has 1 fully saturated rings. The van der Waals surface area contributed by atoms with E-state index in [9.17, 15) is 14.7 Å². The number of unbranched alkanes of at least 4 members (excludes halogenated alkanes) is 10. The van der Waals surface area contributed by atoms with E-state index < -0.39 is 18.3 Å². The average molecular weight is 653 g/mol. The molecule has 274 valence electrons. The SMILES string of the molecule is CC.CC.CCCCCCCCOC(CCC(=O)OCC(CO)COC(=O)NC1CCN(CC)C1)OCCCCCCCC.O.[HH]. The van der Waals surface area contributed by atoms with Crippen molar-refractivity contribution in [1.29, 1.82) is 0 Å². The number of hydrogen-bond acceptors (Lipinski definition) is 8. The van der Waals surface area contributed by atoms with Gasteiger partial charge in [0.15, 0.2) is 6.29 Å². The summed E-state index contributed by atoms with van der Waals surface area (Å²) in [6, 6.07) is 0.0809. The molecule has 1 heterocycles. The molecule has 1 rings (SSSR count). The second kappa shape index (κ2) is 37.0. The zero-order valence-electron chi connectivity index (χ0n) is 30.3. The van der Waals surface area contributed by atoms with Crippen LogP contribution in [0.4, 0.5) is 4.79 Å². The van der Waals surface area contributed by atoms with Crippen LogP contribution in [0.1, 0.15) is 146 Å². The molecule has 4 N–H and O–H groups in total. The predicted octanol–water partition coefficient (Wildman–Crippen LogP) is 7.29. The Hall–Kier alpha value is -1.46. The molecule has 10 nitrogen and oxygen atoms in total. The number of carbonyl (C=O) groups is 2. The molecule has 0 radical (unpaired) electrons. The number of rotatable bonds is 26. The van der Waals surface area contributed by atoms with Crippen LogP contribution in [0.5, 0.6) is 0 Å². The summed E-state index contributed by atoms with van der Waals surface area (Å²) in [5, 5.41) is 12.5. The summed E-state index contributed by atoms with van der Waals surface area (Å²) in [5.41, 5.74) is 0. The van der Waals surface area contributed by atoms with E-state index >= 15 is 0 Å². The van der Waals surface area contributed by atoms with Gasteiger partial charge in [-0.25, -0.2) is 4.79 Å². The van der Waals surface area contributed by atoms with E-state index in [1.165, 1.54) is 51.4 Å². The highest BCUT2D eigenvalue weighted by molar-refractivity contribution is 5.69. The van der Waals surface area contributed by atoms with E-state index in [0.717, 1.165) is 51.7 Å². The van der Waals surface area contributed by atoms with Gasteiger partial charge in [0.1, 0.15) is 6.61 Å². The Bertz CT molecular complexity index is 615. The summed E-state index contributed by atoms with van der Waals surface area (Å²) >= 11 is 0. The van der Waals surface area contributed by atoms with Gasteiger partial charge in [-0.2, -0.15) is 0 Å². The number of likely N-dealkylation sites (tertiary alicyclic amines) is 1. The van der Waals surface area contributed by atoms with Gasteiger partial charge in [0.05, 0.1) is 25.6 Å². The number of aliphatic hydroxyl groups excluding tert-OH is 1. The Kier molecular flexibility index (Phi) is 39.4. The van der Waals surface area contributed by atoms with Gasteiger partial charge in [0.2, 0.25) is 0 Å². The van der Waals surface area contributed by atoms with Gasteiger partial charge >= 0.3 is 12.1 Å². The normalized spacial score (nSPS) is 14.8. The molecular formula is C35H76N2O8. The van der Waals surface area contributed by atoms with Crippen molar-refractivity contribution in [3.63, 3.8) is 0 Å². The molecule has 0 aromatic heterocycles. The minimum absolute atomic E-state index is 0. The standard InChI is InChI=1S/C31H60N2O7.2C2H6.H2O.H2/c1-4-7-9-11-13-15-21-37-30(38-22-16-14-12-10-8-5-2)18-17-29(35)39-25-27(24-34)26-40-31(36)32-28-19-20-33(6-3)23-28;2*1-2;;/h27-28,30,34H,4-26H2,1-3H3,(H,32,36);2*1-2H3;1H2;1H. The predicted molar refractivity (Wildman–Crippen MR) is 187 cm³/mol. The molecule has 0 aromatic carbocycles. The number of carbonyl (C=O) groups excluding carboxylic acids is 2. The fraction of sp³-hybridized carbons (Fsp3) is 0.943. The van der Waals surface area contributed by atoms with Crippen molar-refractivity contribution in [2.45, 2.75) is 157 Å². The topological polar surface area (TPSA) is 138 Å². The maximum atomic E-state index is 12.4. The second-order valence-corrected chi connectivity index (χ2v) is 11.1. The number of nitrogens with one attached hydrogen (secondary N) is 1. The number of nitrogens with zero attached hydrogens (tertiary/aromatic N) is 1. The summed E-state index contributed by atoms with van der Waals surface area (Å²) < 4.78 is 22.6. The monoisotopic (exact) mass is 653 g/mol. The molecular weight excluding hydrogens is 576 g/mol. The first kappa shape index (κ1) is 47.9. The van der Waals surface area contributed by atoms with Crippen LogP contribution in [0.25, 0.3) is 0 Å². The number of likely N-dealkylation sites (N-methyl/N-ethyl adjacent to an activating group) is 1. The number of ether oxygens (including phenoxy) is 4. The average Bonchev–Trinajstić information content (AvgIpc) is 3.51. The van der Waals surface area contributed by atoms with Crippen LogP contribution in [-0.4, -0.2) is 92.5 Å². The quantitative estimate of drug-likeness (QED) is 0.0564. The maximum Gasteiger partial charge on any atom is 0.407 e. The summed E-state index contributed by atoms with van der Waals surface area (Å²) in [6.45, 7) is 18.3. The van der Waals surface area contributed by atoms with Crippen molar-refractivity contribution in [3.05, 3.63) is 0 Å². The zero-order valence-corrected chi connectivity index (χ0v) is 30.3. The first-order valence-electron chi connectivity index (χ1n) is 18.2. The lowest BCUT2D eigenvalue weighted by molar-refractivity contribution is -0.160. The van der Waals surface area contributed by atoms with Gasteiger partial charge in [-0.1, -0.05) is 113 Å². The molecule has 0 aromatic rings. The molecule has 10 heteroatoms. The van der Waals surface area contributed by atoms with Crippen LogP contribution in [0.3, 0.4) is 0 Å². The van der Waals surface area contributed by atoms with E-state index in [1.54, 1.807) is 0 Å². The van der Waals surface area contributed by atoms with Gasteiger partial charge in [0, 0.05) is 40.2 Å². The van der Waals surface area contributed by atoms with Crippen molar-refractivity contribution in [1.82, 2.24) is 10.2 Å². The van der Waals surface area contributed by atoms with Crippen LogP contribution in [0.2, 0.25) is 0 Å². The lowest BCUT2D eigenvalue weighted by Gasteiger charge is -2.19. The van der Waals surface area contributed by atoms with Crippen molar-refractivity contribution in [3.8, 4) is 0 Å². The molecule has 1 aliphatic heterocycles. The van der Waals surface area contributed by atoms with E-state index in [2.05, 4.69) is 31.0 Å². The lowest BCUT2D eigenvalue weighted by Crippen LogP contribution is -2.38. The molecule has 1 amide bonds. The number of alkyl carbamates (subject to hydrolysis) is 1. The van der Waals surface area contributed by atoms with Gasteiger partial charge in [-0.15, -0.1) is 0 Å². The van der Waals surface area contributed by atoms with Crippen molar-refractivity contribution in [2.24, 2.45) is 5.92 Å². The summed E-state index contributed by atoms with van der Waals surface area (Å²) in [6.07, 6.45) is 14.9. The summed E-state index contributed by atoms with van der Waals surface area (Å²) in [7, 11) is 0. The van der Waals surface area contributed by atoms with Crippen molar-refractivity contribution >= 4 is 12.1 Å². The van der Waals surface area contributed by atoms with Gasteiger partial charge in [-0.3, -0.25) is 4.79 Å². The smallest absolute Gasteiger partial charge is 0.407 e.